The van der Waals surface area contributed by atoms with Gasteiger partial charge in [-0.2, -0.15) is 5.26 Å². The molecule has 3 amide bonds. The van der Waals surface area contributed by atoms with E-state index in [0.717, 1.165) is 0 Å². The van der Waals surface area contributed by atoms with E-state index in [1.54, 1.807) is 60.0 Å². The second-order valence-electron chi connectivity index (χ2n) is 7.33. The first kappa shape index (κ1) is 20.1. The molecule has 0 bridgehead atoms. The molecule has 1 aromatic carbocycles. The Hall–Kier alpha value is -3.60. The Bertz CT molecular complexity index is 934. The third-order valence-corrected chi connectivity index (χ3v) is 4.96. The van der Waals surface area contributed by atoms with Gasteiger partial charge in [-0.1, -0.05) is 0 Å². The molecule has 0 radical (unpaired) electrons. The number of rotatable bonds is 4. The Morgan fingerprint density at radius 1 is 1.03 bits per heavy atom. The smallest absolute Gasteiger partial charge is 0.289 e. The van der Waals surface area contributed by atoms with Gasteiger partial charge in [0.15, 0.2) is 5.76 Å². The van der Waals surface area contributed by atoms with Crippen LogP contribution in [0.15, 0.2) is 47.1 Å². The van der Waals surface area contributed by atoms with Crippen molar-refractivity contribution in [3.8, 4) is 6.07 Å². The van der Waals surface area contributed by atoms with Crippen molar-refractivity contribution in [3.63, 3.8) is 0 Å². The molecule has 1 aliphatic rings. The fourth-order valence-corrected chi connectivity index (χ4v) is 3.08. The summed E-state index contributed by atoms with van der Waals surface area (Å²) in [6.07, 6.45) is 1.45. The van der Waals surface area contributed by atoms with Crippen LogP contribution in [0, 0.1) is 16.7 Å². The lowest BCUT2D eigenvalue weighted by Crippen LogP contribution is -2.55. The molecule has 8 heteroatoms. The average Bonchev–Trinajstić information content (AvgIpc) is 3.28. The number of carbonyl (C=O) groups is 3. The molecular weight excluding hydrogens is 372 g/mol. The van der Waals surface area contributed by atoms with Gasteiger partial charge in [-0.05, 0) is 50.2 Å². The number of hydrogen-bond donors (Lipinski definition) is 1. The quantitative estimate of drug-likeness (QED) is 0.799. The molecule has 0 unspecified atom stereocenters. The maximum atomic E-state index is 13.0. The molecule has 1 N–H and O–H groups in total. The van der Waals surface area contributed by atoms with E-state index in [1.165, 1.54) is 6.26 Å². The van der Waals surface area contributed by atoms with Crippen LogP contribution in [-0.4, -0.2) is 53.7 Å². The Morgan fingerprint density at radius 2 is 1.66 bits per heavy atom. The van der Waals surface area contributed by atoms with E-state index in [-0.39, 0.29) is 17.6 Å². The number of piperazine rings is 1. The first-order valence-corrected chi connectivity index (χ1v) is 9.26. The Balaban J connectivity index is 1.59. The van der Waals surface area contributed by atoms with Gasteiger partial charge in [0.1, 0.15) is 5.41 Å². The molecule has 0 spiro atoms. The lowest BCUT2D eigenvalue weighted by Gasteiger charge is -2.37. The summed E-state index contributed by atoms with van der Waals surface area (Å²) in [6.45, 7) is 4.60. The van der Waals surface area contributed by atoms with Crippen molar-refractivity contribution in [2.24, 2.45) is 5.41 Å². The molecule has 1 aromatic heterocycles. The first-order valence-electron chi connectivity index (χ1n) is 9.26. The molecule has 3 rings (SSSR count). The maximum absolute atomic E-state index is 13.0. The van der Waals surface area contributed by atoms with Gasteiger partial charge in [-0.25, -0.2) is 0 Å². The highest BCUT2D eigenvalue weighted by Gasteiger charge is 2.40. The molecule has 8 nitrogen and oxygen atoms in total. The molecule has 0 atom stereocenters. The second-order valence-corrected chi connectivity index (χ2v) is 7.33. The fourth-order valence-electron chi connectivity index (χ4n) is 3.08. The van der Waals surface area contributed by atoms with Crippen LogP contribution in [-0.2, 0) is 9.59 Å². The van der Waals surface area contributed by atoms with Crippen LogP contribution in [0.1, 0.15) is 30.0 Å². The summed E-state index contributed by atoms with van der Waals surface area (Å²) in [7, 11) is 0. The standard InChI is InChI=1S/C21H22N4O4/c1-21(2,19(27)23-16-7-5-15(14-22)6-8-16)20(28)25-11-9-24(10-12-25)18(26)17-4-3-13-29-17/h3-8,13H,9-12H2,1-2H3,(H,23,27). The highest BCUT2D eigenvalue weighted by Crippen LogP contribution is 2.23. The highest BCUT2D eigenvalue weighted by molar-refractivity contribution is 6.09. The molecule has 2 aromatic rings. The van der Waals surface area contributed by atoms with Crippen LogP contribution >= 0.6 is 0 Å². The largest absolute Gasteiger partial charge is 0.459 e. The lowest BCUT2D eigenvalue weighted by atomic mass is 9.89. The predicted molar refractivity (Wildman–Crippen MR) is 105 cm³/mol. The van der Waals surface area contributed by atoms with Crippen molar-refractivity contribution in [1.82, 2.24) is 9.80 Å². The van der Waals surface area contributed by atoms with Gasteiger partial charge in [-0.3, -0.25) is 14.4 Å². The molecule has 1 fully saturated rings. The van der Waals surface area contributed by atoms with Crippen LogP contribution in [0.25, 0.3) is 0 Å². The van der Waals surface area contributed by atoms with Crippen molar-refractivity contribution < 1.29 is 18.8 Å². The molecular formula is C21H22N4O4. The third kappa shape index (κ3) is 4.29. The number of amides is 3. The Labute approximate surface area is 168 Å². The van der Waals surface area contributed by atoms with Crippen LogP contribution in [0.4, 0.5) is 5.69 Å². The number of hydrogen-bond acceptors (Lipinski definition) is 5. The van der Waals surface area contributed by atoms with Crippen LogP contribution < -0.4 is 5.32 Å². The monoisotopic (exact) mass is 394 g/mol. The van der Waals surface area contributed by atoms with E-state index in [9.17, 15) is 14.4 Å². The van der Waals surface area contributed by atoms with Gasteiger partial charge in [0, 0.05) is 31.9 Å². The summed E-state index contributed by atoms with van der Waals surface area (Å²) in [5.74, 6) is -0.665. The molecule has 29 heavy (non-hydrogen) atoms. The summed E-state index contributed by atoms with van der Waals surface area (Å²) in [4.78, 5) is 41.2. The van der Waals surface area contributed by atoms with Gasteiger partial charge < -0.3 is 19.5 Å². The number of benzene rings is 1. The minimum atomic E-state index is -1.28. The highest BCUT2D eigenvalue weighted by atomic mass is 16.3. The zero-order chi connectivity index (χ0) is 21.0. The van der Waals surface area contributed by atoms with E-state index in [2.05, 4.69) is 5.32 Å². The van der Waals surface area contributed by atoms with E-state index in [4.69, 9.17) is 9.68 Å². The zero-order valence-corrected chi connectivity index (χ0v) is 16.3. The summed E-state index contributed by atoms with van der Waals surface area (Å²) < 4.78 is 5.14. The van der Waals surface area contributed by atoms with Crippen molar-refractivity contribution in [1.29, 1.82) is 5.26 Å². The lowest BCUT2D eigenvalue weighted by molar-refractivity contribution is -0.147. The van der Waals surface area contributed by atoms with E-state index < -0.39 is 11.3 Å². The average molecular weight is 394 g/mol. The van der Waals surface area contributed by atoms with Gasteiger partial charge >= 0.3 is 0 Å². The summed E-state index contributed by atoms with van der Waals surface area (Å²) in [5, 5.41) is 11.6. The van der Waals surface area contributed by atoms with E-state index in [0.29, 0.717) is 37.4 Å². The second kappa shape index (κ2) is 8.19. The molecule has 0 aliphatic carbocycles. The molecule has 0 saturated carbocycles. The molecule has 2 heterocycles. The maximum Gasteiger partial charge on any atom is 0.289 e. The number of furan rings is 1. The van der Waals surface area contributed by atoms with Crippen molar-refractivity contribution in [2.75, 3.05) is 31.5 Å². The molecule has 150 valence electrons. The minimum absolute atomic E-state index is 0.208. The van der Waals surface area contributed by atoms with Crippen LogP contribution in [0.3, 0.4) is 0 Å². The van der Waals surface area contributed by atoms with Crippen molar-refractivity contribution in [2.45, 2.75) is 13.8 Å². The van der Waals surface area contributed by atoms with Gasteiger partial charge in [0.25, 0.3) is 5.91 Å². The molecule has 1 saturated heterocycles. The predicted octanol–water partition coefficient (Wildman–Crippen LogP) is 2.10. The van der Waals surface area contributed by atoms with Crippen molar-refractivity contribution in [3.05, 3.63) is 54.0 Å². The van der Waals surface area contributed by atoms with Gasteiger partial charge in [0.05, 0.1) is 17.9 Å². The van der Waals surface area contributed by atoms with Crippen LogP contribution in [0.5, 0.6) is 0 Å². The number of nitriles is 1. The fraction of sp³-hybridized carbons (Fsp3) is 0.333. The summed E-state index contributed by atoms with van der Waals surface area (Å²) in [5.41, 5.74) is -0.273. The number of anilines is 1. The Kier molecular flexibility index (Phi) is 5.69. The topological polar surface area (TPSA) is 107 Å². The normalized spacial score (nSPS) is 14.2. The zero-order valence-electron chi connectivity index (χ0n) is 16.3. The van der Waals surface area contributed by atoms with Gasteiger partial charge in [-0.15, -0.1) is 0 Å². The SMILES string of the molecule is CC(C)(C(=O)Nc1ccc(C#N)cc1)C(=O)N1CCN(C(=O)c2ccco2)CC1. The van der Waals surface area contributed by atoms with E-state index in [1.807, 2.05) is 6.07 Å². The Morgan fingerprint density at radius 3 is 2.21 bits per heavy atom. The first-order chi connectivity index (χ1) is 13.8. The van der Waals surface area contributed by atoms with E-state index >= 15 is 0 Å². The molecule has 1 aliphatic heterocycles. The minimum Gasteiger partial charge on any atom is -0.459 e. The third-order valence-electron chi connectivity index (χ3n) is 4.96. The number of nitrogens with one attached hydrogen (secondary N) is 1. The van der Waals surface area contributed by atoms with Crippen LogP contribution in [0.2, 0.25) is 0 Å². The van der Waals surface area contributed by atoms with Gasteiger partial charge in [0.2, 0.25) is 11.8 Å². The summed E-state index contributed by atoms with van der Waals surface area (Å²) in [6, 6.07) is 11.7. The number of nitrogens with zero attached hydrogens (tertiary/aromatic N) is 3. The summed E-state index contributed by atoms with van der Waals surface area (Å²) >= 11 is 0. The van der Waals surface area contributed by atoms with Crippen molar-refractivity contribution >= 4 is 23.4 Å². The number of carbonyl (C=O) groups excluding carboxylic acids is 3.